The molecule has 0 saturated carbocycles. The predicted molar refractivity (Wildman–Crippen MR) is 124 cm³/mol. The van der Waals surface area contributed by atoms with Crippen molar-refractivity contribution in [3.63, 3.8) is 0 Å². The van der Waals surface area contributed by atoms with Gasteiger partial charge in [0.25, 0.3) is 0 Å². The highest BCUT2D eigenvalue weighted by atomic mass is 16.3. The summed E-state index contributed by atoms with van der Waals surface area (Å²) in [5.41, 5.74) is 3.85. The van der Waals surface area contributed by atoms with Crippen molar-refractivity contribution in [2.45, 2.75) is 31.2 Å². The fourth-order valence-electron chi connectivity index (χ4n) is 4.93. The average molecular weight is 407 g/mol. The lowest BCUT2D eigenvalue weighted by Crippen LogP contribution is -2.33. The van der Waals surface area contributed by atoms with E-state index in [-0.39, 0.29) is 0 Å². The molecule has 0 saturated heterocycles. The van der Waals surface area contributed by atoms with Crippen LogP contribution < -0.4 is 0 Å². The molecule has 2 heterocycles. The monoisotopic (exact) mass is 406 g/mol. The topological polar surface area (TPSA) is 40.2 Å². The highest BCUT2D eigenvalue weighted by Crippen LogP contribution is 2.37. The van der Waals surface area contributed by atoms with Crippen LogP contribution in [0.25, 0.3) is 11.0 Å². The lowest BCUT2D eigenvalue weighted by molar-refractivity contribution is 0.235. The van der Waals surface area contributed by atoms with Gasteiger partial charge in [-0.2, -0.15) is 5.26 Å². The molecule has 31 heavy (non-hydrogen) atoms. The van der Waals surface area contributed by atoms with E-state index in [0.29, 0.717) is 0 Å². The first-order valence-electron chi connectivity index (χ1n) is 11.0. The van der Waals surface area contributed by atoms with Crippen LogP contribution >= 0.6 is 0 Å². The van der Waals surface area contributed by atoms with Crippen molar-refractivity contribution in [2.75, 3.05) is 13.1 Å². The fourth-order valence-corrected chi connectivity index (χ4v) is 4.93. The second kappa shape index (κ2) is 8.41. The molecule has 1 aliphatic heterocycles. The molecule has 1 aromatic heterocycles. The van der Waals surface area contributed by atoms with E-state index in [1.54, 1.807) is 0 Å². The first-order chi connectivity index (χ1) is 15.3. The number of nitriles is 1. The standard InChI is InChI=1S/C28H26N2O/c29-21-28(22-10-3-1-4-11-22,23-12-5-2-6-13-23)17-9-18-30-19-16-27-25(20-30)24-14-7-8-15-26(24)31-27/h1-8,10-15H,9,16-20H2. The van der Waals surface area contributed by atoms with E-state index >= 15 is 0 Å². The van der Waals surface area contributed by atoms with Crippen LogP contribution in [-0.2, 0) is 18.4 Å². The van der Waals surface area contributed by atoms with Gasteiger partial charge in [0.15, 0.2) is 0 Å². The minimum Gasteiger partial charge on any atom is -0.461 e. The van der Waals surface area contributed by atoms with Crippen LogP contribution in [0.15, 0.2) is 89.3 Å². The van der Waals surface area contributed by atoms with Crippen LogP contribution in [0.4, 0.5) is 0 Å². The highest BCUT2D eigenvalue weighted by molar-refractivity contribution is 5.82. The molecule has 0 aliphatic carbocycles. The molecule has 0 fully saturated rings. The van der Waals surface area contributed by atoms with Gasteiger partial charge in [-0.25, -0.2) is 0 Å². The Morgan fingerprint density at radius 2 is 1.52 bits per heavy atom. The molecule has 0 spiro atoms. The zero-order valence-electron chi connectivity index (χ0n) is 17.6. The molecule has 0 radical (unpaired) electrons. The largest absolute Gasteiger partial charge is 0.461 e. The van der Waals surface area contributed by atoms with Gasteiger partial charge in [-0.05, 0) is 36.6 Å². The van der Waals surface area contributed by atoms with Gasteiger partial charge in [0.1, 0.15) is 16.8 Å². The first-order valence-corrected chi connectivity index (χ1v) is 11.0. The Morgan fingerprint density at radius 1 is 0.871 bits per heavy atom. The van der Waals surface area contributed by atoms with Crippen LogP contribution in [0.3, 0.4) is 0 Å². The molecular formula is C28H26N2O. The number of fused-ring (bicyclic) bond motifs is 3. The maximum atomic E-state index is 10.4. The summed E-state index contributed by atoms with van der Waals surface area (Å²) in [4.78, 5) is 2.50. The van der Waals surface area contributed by atoms with Gasteiger partial charge in [0, 0.05) is 30.5 Å². The van der Waals surface area contributed by atoms with Crippen molar-refractivity contribution in [3.05, 3.63) is 107 Å². The zero-order chi connectivity index (χ0) is 21.1. The Morgan fingerprint density at radius 3 is 2.19 bits per heavy atom. The van der Waals surface area contributed by atoms with Crippen molar-refractivity contribution in [1.82, 2.24) is 4.90 Å². The Balaban J connectivity index is 1.34. The summed E-state index contributed by atoms with van der Waals surface area (Å²) in [6.45, 7) is 2.90. The second-order valence-electron chi connectivity index (χ2n) is 8.38. The summed E-state index contributed by atoms with van der Waals surface area (Å²) in [6, 6.07) is 31.5. The van der Waals surface area contributed by atoms with Crippen molar-refractivity contribution < 1.29 is 4.42 Å². The molecule has 3 aromatic carbocycles. The molecular weight excluding hydrogens is 380 g/mol. The lowest BCUT2D eigenvalue weighted by Gasteiger charge is -2.30. The van der Waals surface area contributed by atoms with Crippen LogP contribution in [0, 0.1) is 11.3 Å². The van der Waals surface area contributed by atoms with Crippen LogP contribution in [-0.4, -0.2) is 18.0 Å². The third kappa shape index (κ3) is 3.65. The van der Waals surface area contributed by atoms with Crippen LogP contribution in [0.2, 0.25) is 0 Å². The van der Waals surface area contributed by atoms with Gasteiger partial charge in [-0.1, -0.05) is 78.9 Å². The predicted octanol–water partition coefficient (Wildman–Crippen LogP) is 6.08. The maximum absolute atomic E-state index is 10.4. The van der Waals surface area contributed by atoms with Crippen LogP contribution in [0.1, 0.15) is 35.3 Å². The summed E-state index contributed by atoms with van der Waals surface area (Å²) < 4.78 is 6.06. The first kappa shape index (κ1) is 19.6. The Bertz CT molecular complexity index is 1160. The number of hydrogen-bond donors (Lipinski definition) is 0. The average Bonchev–Trinajstić information content (AvgIpc) is 3.21. The molecule has 1 aliphatic rings. The molecule has 3 heteroatoms. The van der Waals surface area contributed by atoms with E-state index in [1.807, 2.05) is 42.5 Å². The highest BCUT2D eigenvalue weighted by Gasteiger charge is 2.34. The summed E-state index contributed by atoms with van der Waals surface area (Å²) in [6.07, 6.45) is 2.71. The number of benzene rings is 3. The lowest BCUT2D eigenvalue weighted by atomic mass is 9.72. The van der Waals surface area contributed by atoms with Gasteiger partial charge >= 0.3 is 0 Å². The van der Waals surface area contributed by atoms with E-state index in [2.05, 4.69) is 53.4 Å². The number of nitrogens with zero attached hydrogens (tertiary/aromatic N) is 2. The summed E-state index contributed by atoms with van der Waals surface area (Å²) in [7, 11) is 0. The summed E-state index contributed by atoms with van der Waals surface area (Å²) in [5.74, 6) is 1.14. The normalized spacial score (nSPS) is 14.3. The number of furan rings is 1. The van der Waals surface area contributed by atoms with Gasteiger partial charge in [0.2, 0.25) is 0 Å². The van der Waals surface area contributed by atoms with Crippen molar-refractivity contribution in [3.8, 4) is 6.07 Å². The van der Waals surface area contributed by atoms with Crippen LogP contribution in [0.5, 0.6) is 0 Å². The molecule has 0 amide bonds. The smallest absolute Gasteiger partial charge is 0.134 e. The molecule has 3 nitrogen and oxygen atoms in total. The molecule has 0 atom stereocenters. The molecule has 5 rings (SSSR count). The van der Waals surface area contributed by atoms with Crippen molar-refractivity contribution in [1.29, 1.82) is 5.26 Å². The Kier molecular flexibility index (Phi) is 5.32. The van der Waals surface area contributed by atoms with Crippen molar-refractivity contribution in [2.24, 2.45) is 0 Å². The van der Waals surface area contributed by atoms with Crippen molar-refractivity contribution >= 4 is 11.0 Å². The molecule has 4 aromatic rings. The van der Waals surface area contributed by atoms with Gasteiger partial charge in [0.05, 0.1) is 6.07 Å². The zero-order valence-corrected chi connectivity index (χ0v) is 17.6. The fraction of sp³-hybridized carbons (Fsp3) is 0.250. The van der Waals surface area contributed by atoms with E-state index in [4.69, 9.17) is 4.42 Å². The molecule has 154 valence electrons. The summed E-state index contributed by atoms with van der Waals surface area (Å²) >= 11 is 0. The quantitative estimate of drug-likeness (QED) is 0.389. The SMILES string of the molecule is N#CC(CCCN1CCc2oc3ccccc3c2C1)(c1ccccc1)c1ccccc1. The molecule has 0 bridgehead atoms. The van der Waals surface area contributed by atoms with Gasteiger partial charge in [-0.3, -0.25) is 4.90 Å². The van der Waals surface area contributed by atoms with Gasteiger partial charge in [-0.15, -0.1) is 0 Å². The number of hydrogen-bond acceptors (Lipinski definition) is 3. The summed E-state index contributed by atoms with van der Waals surface area (Å²) in [5, 5.41) is 11.6. The third-order valence-corrected chi connectivity index (χ3v) is 6.57. The number of para-hydroxylation sites is 1. The minimum atomic E-state index is -0.619. The maximum Gasteiger partial charge on any atom is 0.134 e. The molecule has 0 N–H and O–H groups in total. The van der Waals surface area contributed by atoms with E-state index in [9.17, 15) is 5.26 Å². The van der Waals surface area contributed by atoms with E-state index in [1.165, 1.54) is 10.9 Å². The Labute approximate surface area is 183 Å². The second-order valence-corrected chi connectivity index (χ2v) is 8.38. The minimum absolute atomic E-state index is 0.619. The van der Waals surface area contributed by atoms with E-state index in [0.717, 1.165) is 61.4 Å². The van der Waals surface area contributed by atoms with E-state index < -0.39 is 5.41 Å². The Hall–Kier alpha value is -3.35. The molecule has 0 unspecified atom stereocenters. The number of rotatable bonds is 6. The van der Waals surface area contributed by atoms with Gasteiger partial charge < -0.3 is 4.42 Å². The third-order valence-electron chi connectivity index (χ3n) is 6.57.